The van der Waals surface area contributed by atoms with Crippen LogP contribution in [0.25, 0.3) is 0 Å². The fourth-order valence-corrected chi connectivity index (χ4v) is 1.62. The van der Waals surface area contributed by atoms with Crippen molar-refractivity contribution >= 4 is 5.69 Å². The van der Waals surface area contributed by atoms with Crippen LogP contribution in [-0.4, -0.2) is 24.7 Å². The molecule has 1 aliphatic carbocycles. The van der Waals surface area contributed by atoms with Gasteiger partial charge in [-0.15, -0.1) is 0 Å². The van der Waals surface area contributed by atoms with E-state index in [2.05, 4.69) is 10.3 Å². The Labute approximate surface area is 89.8 Å². The Kier molecular flexibility index (Phi) is 3.06. The molecule has 1 aromatic heterocycles. The molecule has 82 valence electrons. The van der Waals surface area contributed by atoms with Crippen molar-refractivity contribution in [1.82, 2.24) is 10.3 Å². The summed E-state index contributed by atoms with van der Waals surface area (Å²) in [5.74, 6) is 1.23. The highest BCUT2D eigenvalue weighted by atomic mass is 16.5. The first kappa shape index (κ1) is 10.2. The maximum absolute atomic E-state index is 5.81. The third-order valence-electron chi connectivity index (χ3n) is 2.62. The van der Waals surface area contributed by atoms with Gasteiger partial charge in [0.2, 0.25) is 5.88 Å². The SMILES string of the molecule is CNCC(Oc1ncccc1N)C1CC1. The summed E-state index contributed by atoms with van der Waals surface area (Å²) in [6.07, 6.45) is 4.40. The summed E-state index contributed by atoms with van der Waals surface area (Å²) in [7, 11) is 1.93. The van der Waals surface area contributed by atoms with E-state index in [-0.39, 0.29) is 6.10 Å². The van der Waals surface area contributed by atoms with Gasteiger partial charge in [-0.1, -0.05) is 0 Å². The third kappa shape index (κ3) is 2.59. The molecule has 1 atom stereocenters. The van der Waals surface area contributed by atoms with Crippen LogP contribution in [0, 0.1) is 5.92 Å². The Bertz CT molecular complexity index is 325. The number of ether oxygens (including phenoxy) is 1. The molecule has 15 heavy (non-hydrogen) atoms. The van der Waals surface area contributed by atoms with Crippen LogP contribution in [0.4, 0.5) is 5.69 Å². The van der Waals surface area contributed by atoms with E-state index in [9.17, 15) is 0 Å². The zero-order valence-corrected chi connectivity index (χ0v) is 8.94. The maximum Gasteiger partial charge on any atom is 0.237 e. The topological polar surface area (TPSA) is 60.2 Å². The molecule has 4 nitrogen and oxygen atoms in total. The van der Waals surface area contributed by atoms with E-state index in [4.69, 9.17) is 10.5 Å². The predicted molar refractivity (Wildman–Crippen MR) is 59.7 cm³/mol. The van der Waals surface area contributed by atoms with Crippen molar-refractivity contribution in [2.24, 2.45) is 5.92 Å². The van der Waals surface area contributed by atoms with E-state index in [0.29, 0.717) is 17.5 Å². The Morgan fingerprint density at radius 3 is 3.07 bits per heavy atom. The molecule has 4 heteroatoms. The molecule has 1 fully saturated rings. The van der Waals surface area contributed by atoms with Gasteiger partial charge in [0.05, 0.1) is 5.69 Å². The summed E-state index contributed by atoms with van der Waals surface area (Å²) >= 11 is 0. The van der Waals surface area contributed by atoms with Crippen molar-refractivity contribution in [3.05, 3.63) is 18.3 Å². The normalized spacial score (nSPS) is 17.4. The highest BCUT2D eigenvalue weighted by Crippen LogP contribution is 2.35. The van der Waals surface area contributed by atoms with Crippen LogP contribution in [0.15, 0.2) is 18.3 Å². The minimum Gasteiger partial charge on any atom is -0.471 e. The summed E-state index contributed by atoms with van der Waals surface area (Å²) in [4.78, 5) is 4.14. The Balaban J connectivity index is 2.02. The molecule has 1 unspecified atom stereocenters. The van der Waals surface area contributed by atoms with Crippen molar-refractivity contribution < 1.29 is 4.74 Å². The quantitative estimate of drug-likeness (QED) is 0.757. The molecule has 2 rings (SSSR count). The molecule has 0 spiro atoms. The summed E-state index contributed by atoms with van der Waals surface area (Å²) in [5.41, 5.74) is 6.39. The van der Waals surface area contributed by atoms with E-state index in [1.54, 1.807) is 6.20 Å². The first-order valence-corrected chi connectivity index (χ1v) is 5.33. The van der Waals surface area contributed by atoms with Crippen molar-refractivity contribution in [3.8, 4) is 5.88 Å². The molecule has 0 saturated heterocycles. The summed E-state index contributed by atoms with van der Waals surface area (Å²) in [6, 6.07) is 3.62. The molecule has 0 radical (unpaired) electrons. The molecule has 3 N–H and O–H groups in total. The van der Waals surface area contributed by atoms with Gasteiger partial charge in [0.25, 0.3) is 0 Å². The summed E-state index contributed by atoms with van der Waals surface area (Å²) in [6.45, 7) is 0.848. The lowest BCUT2D eigenvalue weighted by atomic mass is 10.2. The van der Waals surface area contributed by atoms with Crippen molar-refractivity contribution in [2.45, 2.75) is 18.9 Å². The second-order valence-electron chi connectivity index (χ2n) is 3.95. The molecule has 0 amide bonds. The smallest absolute Gasteiger partial charge is 0.237 e. The number of nitrogens with zero attached hydrogens (tertiary/aromatic N) is 1. The first-order valence-electron chi connectivity index (χ1n) is 5.33. The lowest BCUT2D eigenvalue weighted by Gasteiger charge is -2.18. The molecular weight excluding hydrogens is 190 g/mol. The molecule has 0 bridgehead atoms. The molecule has 1 saturated carbocycles. The highest BCUT2D eigenvalue weighted by Gasteiger charge is 2.32. The maximum atomic E-state index is 5.81. The van der Waals surface area contributed by atoms with Gasteiger partial charge in [-0.3, -0.25) is 0 Å². The Morgan fingerprint density at radius 2 is 2.47 bits per heavy atom. The molecule has 1 aliphatic rings. The second-order valence-corrected chi connectivity index (χ2v) is 3.95. The number of likely N-dealkylation sites (N-methyl/N-ethyl adjacent to an activating group) is 1. The fraction of sp³-hybridized carbons (Fsp3) is 0.545. The summed E-state index contributed by atoms with van der Waals surface area (Å²) < 4.78 is 5.81. The number of rotatable bonds is 5. The fourth-order valence-electron chi connectivity index (χ4n) is 1.62. The summed E-state index contributed by atoms with van der Waals surface area (Å²) in [5, 5.41) is 3.14. The van der Waals surface area contributed by atoms with Gasteiger partial charge in [-0.2, -0.15) is 0 Å². The van der Waals surface area contributed by atoms with Crippen LogP contribution in [0.1, 0.15) is 12.8 Å². The zero-order valence-electron chi connectivity index (χ0n) is 8.94. The number of hydrogen-bond donors (Lipinski definition) is 2. The van der Waals surface area contributed by atoms with Crippen molar-refractivity contribution in [1.29, 1.82) is 0 Å². The van der Waals surface area contributed by atoms with Gasteiger partial charge in [-0.25, -0.2) is 4.98 Å². The van der Waals surface area contributed by atoms with Gasteiger partial charge in [0.15, 0.2) is 0 Å². The van der Waals surface area contributed by atoms with Crippen LogP contribution in [0.3, 0.4) is 0 Å². The average Bonchev–Trinajstić information content (AvgIpc) is 3.04. The van der Waals surface area contributed by atoms with E-state index in [1.807, 2.05) is 19.2 Å². The van der Waals surface area contributed by atoms with E-state index >= 15 is 0 Å². The van der Waals surface area contributed by atoms with Gasteiger partial charge in [0.1, 0.15) is 6.10 Å². The molecule has 0 aliphatic heterocycles. The molecule has 0 aromatic carbocycles. The van der Waals surface area contributed by atoms with Crippen LogP contribution in [-0.2, 0) is 0 Å². The Hall–Kier alpha value is -1.29. The molecular formula is C11H17N3O. The van der Waals surface area contributed by atoms with Gasteiger partial charge >= 0.3 is 0 Å². The zero-order chi connectivity index (χ0) is 10.7. The first-order chi connectivity index (χ1) is 7.31. The standard InChI is InChI=1S/C11H17N3O/c1-13-7-10(8-4-5-8)15-11-9(12)3-2-6-14-11/h2-3,6,8,10,13H,4-5,7,12H2,1H3. The van der Waals surface area contributed by atoms with Gasteiger partial charge in [-0.05, 0) is 37.9 Å². The highest BCUT2D eigenvalue weighted by molar-refractivity contribution is 5.47. The second kappa shape index (κ2) is 4.49. The minimum atomic E-state index is 0.201. The van der Waals surface area contributed by atoms with Crippen LogP contribution < -0.4 is 15.8 Å². The predicted octanol–water partition coefficient (Wildman–Crippen LogP) is 1.04. The number of aromatic nitrogens is 1. The number of hydrogen-bond acceptors (Lipinski definition) is 4. The van der Waals surface area contributed by atoms with Crippen LogP contribution in [0.2, 0.25) is 0 Å². The van der Waals surface area contributed by atoms with Crippen molar-refractivity contribution in [3.63, 3.8) is 0 Å². The lowest BCUT2D eigenvalue weighted by molar-refractivity contribution is 0.171. The average molecular weight is 207 g/mol. The van der Waals surface area contributed by atoms with Crippen molar-refractivity contribution in [2.75, 3.05) is 19.3 Å². The molecule has 1 heterocycles. The van der Waals surface area contributed by atoms with E-state index in [1.165, 1.54) is 12.8 Å². The van der Waals surface area contributed by atoms with E-state index < -0.39 is 0 Å². The number of nitrogens with two attached hydrogens (primary N) is 1. The van der Waals surface area contributed by atoms with Crippen LogP contribution >= 0.6 is 0 Å². The number of nitrogens with one attached hydrogen (secondary N) is 1. The number of anilines is 1. The lowest BCUT2D eigenvalue weighted by Crippen LogP contribution is -2.31. The largest absolute Gasteiger partial charge is 0.471 e. The Morgan fingerprint density at radius 1 is 1.67 bits per heavy atom. The van der Waals surface area contributed by atoms with Gasteiger partial charge in [0, 0.05) is 12.7 Å². The van der Waals surface area contributed by atoms with E-state index in [0.717, 1.165) is 6.54 Å². The number of pyridine rings is 1. The third-order valence-corrected chi connectivity index (χ3v) is 2.62. The number of nitrogen functional groups attached to an aromatic ring is 1. The molecule has 1 aromatic rings. The monoisotopic (exact) mass is 207 g/mol. The van der Waals surface area contributed by atoms with Gasteiger partial charge < -0.3 is 15.8 Å². The minimum absolute atomic E-state index is 0.201. The van der Waals surface area contributed by atoms with Crippen LogP contribution in [0.5, 0.6) is 5.88 Å².